The Morgan fingerprint density at radius 2 is 2.03 bits per heavy atom. The first-order valence-electron chi connectivity index (χ1n) is 10.5. The van der Waals surface area contributed by atoms with Crippen LogP contribution in [0.25, 0.3) is 0 Å². The van der Waals surface area contributed by atoms with Crippen molar-refractivity contribution in [1.82, 2.24) is 5.32 Å². The summed E-state index contributed by atoms with van der Waals surface area (Å²) < 4.78 is 5.64. The predicted octanol–water partition coefficient (Wildman–Crippen LogP) is 5.37. The van der Waals surface area contributed by atoms with Crippen LogP contribution in [0.3, 0.4) is 0 Å². The van der Waals surface area contributed by atoms with E-state index in [1.54, 1.807) is 12.1 Å². The SMILES string of the molecule is C=C(C)COc1cccc(C(=O)N[C@H](C)c2ccc(N3CCC[C@@H](C)C3)cc2)c1. The van der Waals surface area contributed by atoms with Gasteiger partial charge in [0.15, 0.2) is 0 Å². The second-order valence-electron chi connectivity index (χ2n) is 8.25. The number of ether oxygens (including phenoxy) is 1. The molecular weight excluding hydrogens is 360 g/mol. The minimum absolute atomic E-state index is 0.0724. The standard InChI is InChI=1S/C25H32N2O2/c1-18(2)17-29-24-9-5-8-22(15-24)25(28)26-20(4)21-10-12-23(13-11-21)27-14-6-7-19(3)16-27/h5,8-13,15,19-20H,1,6-7,14,16-17H2,2-4H3,(H,26,28)/t19-,20-/m1/s1. The first-order chi connectivity index (χ1) is 13.9. The zero-order valence-corrected chi connectivity index (χ0v) is 17.8. The molecule has 1 aliphatic rings. The van der Waals surface area contributed by atoms with Gasteiger partial charge in [0.2, 0.25) is 0 Å². The lowest BCUT2D eigenvalue weighted by atomic mass is 9.99. The van der Waals surface area contributed by atoms with E-state index in [1.807, 2.05) is 26.0 Å². The van der Waals surface area contributed by atoms with Crippen molar-refractivity contribution in [1.29, 1.82) is 0 Å². The summed E-state index contributed by atoms with van der Waals surface area (Å²) in [6.07, 6.45) is 2.57. The van der Waals surface area contributed by atoms with E-state index in [-0.39, 0.29) is 11.9 Å². The molecule has 1 amide bonds. The van der Waals surface area contributed by atoms with Crippen LogP contribution in [0.4, 0.5) is 5.69 Å². The maximum absolute atomic E-state index is 12.7. The Morgan fingerprint density at radius 3 is 2.72 bits per heavy atom. The molecule has 0 aromatic heterocycles. The number of anilines is 1. The van der Waals surface area contributed by atoms with E-state index in [0.29, 0.717) is 17.9 Å². The van der Waals surface area contributed by atoms with Crippen LogP contribution in [0.1, 0.15) is 55.6 Å². The van der Waals surface area contributed by atoms with Gasteiger partial charge in [0.1, 0.15) is 12.4 Å². The first kappa shape index (κ1) is 21.0. The van der Waals surface area contributed by atoms with Gasteiger partial charge in [0.05, 0.1) is 6.04 Å². The van der Waals surface area contributed by atoms with Crippen LogP contribution in [0, 0.1) is 5.92 Å². The molecule has 0 radical (unpaired) electrons. The van der Waals surface area contributed by atoms with E-state index in [4.69, 9.17) is 4.74 Å². The monoisotopic (exact) mass is 392 g/mol. The Bertz CT molecular complexity index is 844. The molecule has 4 nitrogen and oxygen atoms in total. The molecule has 4 heteroatoms. The minimum Gasteiger partial charge on any atom is -0.489 e. The van der Waals surface area contributed by atoms with Gasteiger partial charge in [0, 0.05) is 24.3 Å². The van der Waals surface area contributed by atoms with Crippen molar-refractivity contribution < 1.29 is 9.53 Å². The third-order valence-electron chi connectivity index (χ3n) is 5.34. The van der Waals surface area contributed by atoms with Crippen molar-refractivity contribution in [2.45, 2.75) is 39.7 Å². The number of piperidine rings is 1. The fourth-order valence-electron chi connectivity index (χ4n) is 3.69. The topological polar surface area (TPSA) is 41.6 Å². The van der Waals surface area contributed by atoms with Gasteiger partial charge >= 0.3 is 0 Å². The average molecular weight is 393 g/mol. The van der Waals surface area contributed by atoms with Crippen molar-refractivity contribution in [3.05, 3.63) is 71.8 Å². The Kier molecular flexibility index (Phi) is 6.97. The number of rotatable bonds is 7. The van der Waals surface area contributed by atoms with E-state index >= 15 is 0 Å². The van der Waals surface area contributed by atoms with Crippen molar-refractivity contribution in [2.24, 2.45) is 5.92 Å². The van der Waals surface area contributed by atoms with E-state index in [2.05, 4.69) is 48.0 Å². The molecule has 1 aliphatic heterocycles. The lowest BCUT2D eigenvalue weighted by molar-refractivity contribution is 0.0939. The molecule has 2 aromatic rings. The first-order valence-corrected chi connectivity index (χ1v) is 10.5. The van der Waals surface area contributed by atoms with Crippen LogP contribution in [-0.2, 0) is 0 Å². The number of nitrogens with one attached hydrogen (secondary N) is 1. The maximum atomic E-state index is 12.7. The van der Waals surface area contributed by atoms with E-state index in [1.165, 1.54) is 18.5 Å². The maximum Gasteiger partial charge on any atom is 0.251 e. The molecule has 0 bridgehead atoms. The Morgan fingerprint density at radius 1 is 1.28 bits per heavy atom. The average Bonchev–Trinajstić information content (AvgIpc) is 2.72. The van der Waals surface area contributed by atoms with Crippen LogP contribution in [0.5, 0.6) is 5.75 Å². The fraction of sp³-hybridized carbons (Fsp3) is 0.400. The third kappa shape index (κ3) is 5.86. The van der Waals surface area contributed by atoms with Crippen LogP contribution in [0.2, 0.25) is 0 Å². The Balaban J connectivity index is 1.61. The third-order valence-corrected chi connectivity index (χ3v) is 5.34. The quantitative estimate of drug-likeness (QED) is 0.644. The number of carbonyl (C=O) groups is 1. The molecule has 1 N–H and O–H groups in total. The zero-order valence-electron chi connectivity index (χ0n) is 17.8. The molecule has 0 saturated carbocycles. The summed E-state index contributed by atoms with van der Waals surface area (Å²) in [6.45, 7) is 12.8. The van der Waals surface area contributed by atoms with Crippen molar-refractivity contribution >= 4 is 11.6 Å². The van der Waals surface area contributed by atoms with Gasteiger partial charge in [-0.25, -0.2) is 0 Å². The fourth-order valence-corrected chi connectivity index (χ4v) is 3.69. The van der Waals surface area contributed by atoms with Crippen molar-refractivity contribution in [2.75, 3.05) is 24.6 Å². The Labute approximate surface area is 174 Å². The summed E-state index contributed by atoms with van der Waals surface area (Å²) >= 11 is 0. The normalized spacial score (nSPS) is 17.5. The largest absolute Gasteiger partial charge is 0.489 e. The summed E-state index contributed by atoms with van der Waals surface area (Å²) in [7, 11) is 0. The number of hydrogen-bond donors (Lipinski definition) is 1. The summed E-state index contributed by atoms with van der Waals surface area (Å²) in [6, 6.07) is 15.8. The zero-order chi connectivity index (χ0) is 20.8. The molecule has 3 rings (SSSR count). The molecule has 29 heavy (non-hydrogen) atoms. The van der Waals surface area contributed by atoms with Crippen LogP contribution < -0.4 is 15.0 Å². The molecule has 1 fully saturated rings. The highest BCUT2D eigenvalue weighted by Crippen LogP contribution is 2.25. The molecule has 0 aliphatic carbocycles. The molecule has 0 spiro atoms. The molecule has 1 heterocycles. The molecular formula is C25H32N2O2. The van der Waals surface area contributed by atoms with Crippen LogP contribution >= 0.6 is 0 Å². The van der Waals surface area contributed by atoms with Gasteiger partial charge in [-0.15, -0.1) is 0 Å². The molecule has 1 saturated heterocycles. The highest BCUT2D eigenvalue weighted by Gasteiger charge is 2.17. The molecule has 0 unspecified atom stereocenters. The van der Waals surface area contributed by atoms with Gasteiger partial charge in [0.25, 0.3) is 5.91 Å². The highest BCUT2D eigenvalue weighted by atomic mass is 16.5. The number of benzene rings is 2. The van der Waals surface area contributed by atoms with E-state index in [9.17, 15) is 4.79 Å². The van der Waals surface area contributed by atoms with Gasteiger partial charge in [-0.3, -0.25) is 4.79 Å². The van der Waals surface area contributed by atoms with Gasteiger partial charge in [-0.05, 0) is 74.1 Å². The summed E-state index contributed by atoms with van der Waals surface area (Å²) in [5.74, 6) is 1.32. The van der Waals surface area contributed by atoms with Gasteiger partial charge in [-0.2, -0.15) is 0 Å². The van der Waals surface area contributed by atoms with Crippen molar-refractivity contribution in [3.63, 3.8) is 0 Å². The molecule has 2 atom stereocenters. The Hall–Kier alpha value is -2.75. The van der Waals surface area contributed by atoms with Crippen LogP contribution in [-0.4, -0.2) is 25.6 Å². The highest BCUT2D eigenvalue weighted by molar-refractivity contribution is 5.94. The van der Waals surface area contributed by atoms with Crippen molar-refractivity contribution in [3.8, 4) is 5.75 Å². The summed E-state index contributed by atoms with van der Waals surface area (Å²) in [4.78, 5) is 15.1. The number of nitrogens with zero attached hydrogens (tertiary/aromatic N) is 1. The molecule has 2 aromatic carbocycles. The second kappa shape index (κ2) is 9.64. The predicted molar refractivity (Wildman–Crippen MR) is 120 cm³/mol. The lowest BCUT2D eigenvalue weighted by Gasteiger charge is -2.33. The van der Waals surface area contributed by atoms with Gasteiger partial charge < -0.3 is 15.0 Å². The van der Waals surface area contributed by atoms with Crippen LogP contribution in [0.15, 0.2) is 60.7 Å². The lowest BCUT2D eigenvalue weighted by Crippen LogP contribution is -2.34. The minimum atomic E-state index is -0.104. The van der Waals surface area contributed by atoms with E-state index < -0.39 is 0 Å². The number of amides is 1. The van der Waals surface area contributed by atoms with E-state index in [0.717, 1.165) is 30.1 Å². The number of carbonyl (C=O) groups excluding carboxylic acids is 1. The summed E-state index contributed by atoms with van der Waals surface area (Å²) in [5.41, 5.74) is 3.90. The van der Waals surface area contributed by atoms with Gasteiger partial charge in [-0.1, -0.05) is 31.7 Å². The summed E-state index contributed by atoms with van der Waals surface area (Å²) in [5, 5.41) is 3.08. The smallest absolute Gasteiger partial charge is 0.251 e. The molecule has 154 valence electrons. The number of hydrogen-bond acceptors (Lipinski definition) is 3. The second-order valence-corrected chi connectivity index (χ2v) is 8.25.